The molecule has 0 saturated heterocycles. The van der Waals surface area contributed by atoms with Gasteiger partial charge in [0, 0.05) is 4.88 Å². The average molecular weight is 157 g/mol. The molecule has 10 heavy (non-hydrogen) atoms. The molecule has 0 fully saturated rings. The largest absolute Gasteiger partial charge is 0.296 e. The van der Waals surface area contributed by atoms with Gasteiger partial charge in [-0.15, -0.1) is 11.3 Å². The van der Waals surface area contributed by atoms with Crippen LogP contribution in [0.3, 0.4) is 0 Å². The van der Waals surface area contributed by atoms with Gasteiger partial charge in [-0.2, -0.15) is 0 Å². The van der Waals surface area contributed by atoms with Crippen molar-refractivity contribution in [2.24, 2.45) is 5.90 Å². The topological polar surface area (TPSA) is 35.2 Å². The highest BCUT2D eigenvalue weighted by atomic mass is 32.1. The lowest BCUT2D eigenvalue weighted by Crippen LogP contribution is -2.06. The summed E-state index contributed by atoms with van der Waals surface area (Å²) < 4.78 is 0. The molecule has 0 amide bonds. The van der Waals surface area contributed by atoms with E-state index in [1.807, 2.05) is 17.5 Å². The molecular weight excluding hydrogens is 146 g/mol. The first kappa shape index (κ1) is 7.72. The fourth-order valence-corrected chi connectivity index (χ4v) is 1.68. The van der Waals surface area contributed by atoms with E-state index in [9.17, 15) is 0 Å². The standard InChI is InChI=1S/C7H11NOS/c1-2-6(9-8)7-4-3-5-10-7/h3-6H,2,8H2,1H3. The number of hydrogen-bond donors (Lipinski definition) is 1. The van der Waals surface area contributed by atoms with Crippen LogP contribution in [-0.2, 0) is 4.84 Å². The van der Waals surface area contributed by atoms with Gasteiger partial charge in [-0.1, -0.05) is 13.0 Å². The maximum atomic E-state index is 5.08. The lowest BCUT2D eigenvalue weighted by Gasteiger charge is -2.08. The molecule has 0 spiro atoms. The molecule has 0 radical (unpaired) electrons. The molecule has 0 aliphatic rings. The molecule has 1 rings (SSSR count). The molecule has 2 N–H and O–H groups in total. The highest BCUT2D eigenvalue weighted by Gasteiger charge is 2.07. The minimum absolute atomic E-state index is 0.0833. The number of rotatable bonds is 3. The summed E-state index contributed by atoms with van der Waals surface area (Å²) in [6, 6.07) is 4.04. The van der Waals surface area contributed by atoms with Gasteiger partial charge < -0.3 is 0 Å². The van der Waals surface area contributed by atoms with Crippen molar-refractivity contribution in [2.75, 3.05) is 0 Å². The molecule has 1 aromatic rings. The van der Waals surface area contributed by atoms with Crippen molar-refractivity contribution in [1.29, 1.82) is 0 Å². The minimum Gasteiger partial charge on any atom is -0.296 e. The summed E-state index contributed by atoms with van der Waals surface area (Å²) in [5.41, 5.74) is 0. The van der Waals surface area contributed by atoms with Crippen LogP contribution in [0, 0.1) is 0 Å². The molecular formula is C7H11NOS. The van der Waals surface area contributed by atoms with E-state index in [0.717, 1.165) is 6.42 Å². The Hall–Kier alpha value is -0.380. The smallest absolute Gasteiger partial charge is 0.113 e. The lowest BCUT2D eigenvalue weighted by atomic mass is 10.2. The van der Waals surface area contributed by atoms with E-state index in [2.05, 4.69) is 6.92 Å². The fraction of sp³-hybridized carbons (Fsp3) is 0.429. The quantitative estimate of drug-likeness (QED) is 0.682. The van der Waals surface area contributed by atoms with Crippen LogP contribution in [-0.4, -0.2) is 0 Å². The van der Waals surface area contributed by atoms with Crippen LogP contribution in [0.15, 0.2) is 17.5 Å². The first-order valence-corrected chi connectivity index (χ1v) is 4.15. The predicted molar refractivity (Wildman–Crippen MR) is 42.6 cm³/mol. The Labute approximate surface area is 64.6 Å². The van der Waals surface area contributed by atoms with Gasteiger partial charge >= 0.3 is 0 Å². The second-order valence-corrected chi connectivity index (χ2v) is 3.03. The van der Waals surface area contributed by atoms with Gasteiger partial charge in [0.25, 0.3) is 0 Å². The monoisotopic (exact) mass is 157 g/mol. The van der Waals surface area contributed by atoms with Gasteiger partial charge in [-0.3, -0.25) is 4.84 Å². The van der Waals surface area contributed by atoms with Crippen LogP contribution in [0.4, 0.5) is 0 Å². The van der Waals surface area contributed by atoms with Crippen molar-refractivity contribution >= 4 is 11.3 Å². The summed E-state index contributed by atoms with van der Waals surface area (Å²) in [5, 5.41) is 2.02. The highest BCUT2D eigenvalue weighted by Crippen LogP contribution is 2.23. The molecule has 0 aliphatic carbocycles. The average Bonchev–Trinajstić information content (AvgIpc) is 2.43. The Morgan fingerprint density at radius 3 is 3.00 bits per heavy atom. The van der Waals surface area contributed by atoms with Crippen molar-refractivity contribution < 1.29 is 4.84 Å². The van der Waals surface area contributed by atoms with E-state index >= 15 is 0 Å². The first-order chi connectivity index (χ1) is 4.88. The van der Waals surface area contributed by atoms with Gasteiger partial charge in [0.05, 0.1) is 0 Å². The van der Waals surface area contributed by atoms with E-state index in [4.69, 9.17) is 10.7 Å². The Morgan fingerprint density at radius 2 is 2.60 bits per heavy atom. The zero-order valence-corrected chi connectivity index (χ0v) is 6.73. The molecule has 1 heterocycles. The second-order valence-electron chi connectivity index (χ2n) is 2.05. The van der Waals surface area contributed by atoms with Crippen molar-refractivity contribution in [3.63, 3.8) is 0 Å². The SMILES string of the molecule is CCC(ON)c1cccs1. The third-order valence-electron chi connectivity index (χ3n) is 1.40. The zero-order valence-electron chi connectivity index (χ0n) is 5.91. The molecule has 3 heteroatoms. The number of nitrogens with two attached hydrogens (primary N) is 1. The highest BCUT2D eigenvalue weighted by molar-refractivity contribution is 7.10. The van der Waals surface area contributed by atoms with E-state index in [1.54, 1.807) is 11.3 Å². The summed E-state index contributed by atoms with van der Waals surface area (Å²) in [6.07, 6.45) is 1.01. The first-order valence-electron chi connectivity index (χ1n) is 3.27. The molecule has 0 aromatic carbocycles. The van der Waals surface area contributed by atoms with Gasteiger partial charge in [-0.05, 0) is 17.9 Å². The van der Waals surface area contributed by atoms with Gasteiger partial charge in [-0.25, -0.2) is 5.90 Å². The summed E-state index contributed by atoms with van der Waals surface area (Å²) in [4.78, 5) is 5.95. The van der Waals surface area contributed by atoms with E-state index < -0.39 is 0 Å². The summed E-state index contributed by atoms with van der Waals surface area (Å²) in [6.45, 7) is 2.05. The van der Waals surface area contributed by atoms with E-state index in [-0.39, 0.29) is 6.10 Å². The fourth-order valence-electron chi connectivity index (χ4n) is 0.839. The number of thiophene rings is 1. The number of hydrogen-bond acceptors (Lipinski definition) is 3. The maximum absolute atomic E-state index is 5.08. The van der Waals surface area contributed by atoms with Crippen LogP contribution in [0.5, 0.6) is 0 Å². The Morgan fingerprint density at radius 1 is 1.80 bits per heavy atom. The molecule has 1 unspecified atom stereocenters. The van der Waals surface area contributed by atoms with Crippen molar-refractivity contribution in [3.8, 4) is 0 Å². The molecule has 1 aromatic heterocycles. The molecule has 0 saturated carbocycles. The zero-order chi connectivity index (χ0) is 7.40. The van der Waals surface area contributed by atoms with Gasteiger partial charge in [0.2, 0.25) is 0 Å². The Bertz CT molecular complexity index is 170. The second kappa shape index (κ2) is 3.71. The van der Waals surface area contributed by atoms with E-state index in [1.165, 1.54) is 4.88 Å². The third-order valence-corrected chi connectivity index (χ3v) is 2.36. The summed E-state index contributed by atoms with van der Waals surface area (Å²) in [7, 11) is 0. The van der Waals surface area contributed by atoms with E-state index in [0.29, 0.717) is 0 Å². The minimum atomic E-state index is 0.0833. The van der Waals surface area contributed by atoms with Crippen LogP contribution in [0.2, 0.25) is 0 Å². The van der Waals surface area contributed by atoms with Crippen LogP contribution < -0.4 is 5.90 Å². The molecule has 1 atom stereocenters. The normalized spacial score (nSPS) is 13.4. The Balaban J connectivity index is 2.64. The van der Waals surface area contributed by atoms with Gasteiger partial charge in [0.1, 0.15) is 6.10 Å². The third kappa shape index (κ3) is 1.56. The maximum Gasteiger partial charge on any atom is 0.113 e. The predicted octanol–water partition coefficient (Wildman–Crippen LogP) is 2.09. The van der Waals surface area contributed by atoms with Crippen LogP contribution in [0.25, 0.3) is 0 Å². The van der Waals surface area contributed by atoms with Crippen molar-refractivity contribution in [1.82, 2.24) is 0 Å². The van der Waals surface area contributed by atoms with Gasteiger partial charge in [0.15, 0.2) is 0 Å². The summed E-state index contributed by atoms with van der Waals surface area (Å²) in [5.74, 6) is 5.08. The molecule has 2 nitrogen and oxygen atoms in total. The van der Waals surface area contributed by atoms with Crippen molar-refractivity contribution in [2.45, 2.75) is 19.4 Å². The Kier molecular flexibility index (Phi) is 2.86. The molecule has 0 bridgehead atoms. The molecule has 56 valence electrons. The lowest BCUT2D eigenvalue weighted by molar-refractivity contribution is 0.0526. The molecule has 0 aliphatic heterocycles. The summed E-state index contributed by atoms with van der Waals surface area (Å²) >= 11 is 1.68. The van der Waals surface area contributed by atoms with Crippen molar-refractivity contribution in [3.05, 3.63) is 22.4 Å². The van der Waals surface area contributed by atoms with Crippen LogP contribution >= 0.6 is 11.3 Å². The van der Waals surface area contributed by atoms with Crippen LogP contribution in [0.1, 0.15) is 24.3 Å².